The molecule has 0 amide bonds. The Balaban J connectivity index is 1.85. The number of piperazine rings is 1. The SMILES string of the molecule is CCSC12N=C(N3CCNCC3)c3cscc3N1OC(=O)/C=C\C(=O)O2. The second kappa shape index (κ2) is 6.93. The zero-order valence-corrected chi connectivity index (χ0v) is 15.8. The molecule has 26 heavy (non-hydrogen) atoms. The summed E-state index contributed by atoms with van der Waals surface area (Å²) in [6.07, 6.45) is 2.13. The molecule has 1 fully saturated rings. The van der Waals surface area contributed by atoms with Gasteiger partial charge in [-0.05, 0) is 5.75 Å². The van der Waals surface area contributed by atoms with Crippen molar-refractivity contribution in [3.05, 3.63) is 28.5 Å². The third kappa shape index (κ3) is 2.97. The number of rotatable bonds is 2. The zero-order valence-electron chi connectivity index (χ0n) is 14.1. The van der Waals surface area contributed by atoms with E-state index in [-0.39, 0.29) is 0 Å². The van der Waals surface area contributed by atoms with Crippen LogP contribution in [-0.4, -0.2) is 59.8 Å². The van der Waals surface area contributed by atoms with E-state index < -0.39 is 17.1 Å². The molecule has 3 aliphatic heterocycles. The van der Waals surface area contributed by atoms with Gasteiger partial charge in [-0.25, -0.2) is 9.59 Å². The maximum Gasteiger partial charge on any atom is 0.369 e. The Morgan fingerprint density at radius 3 is 2.81 bits per heavy atom. The van der Waals surface area contributed by atoms with Crippen LogP contribution >= 0.6 is 23.1 Å². The molecule has 0 bridgehead atoms. The minimum Gasteiger partial charge on any atom is -0.403 e. The monoisotopic (exact) mass is 394 g/mol. The highest BCUT2D eigenvalue weighted by Gasteiger charge is 2.50. The van der Waals surface area contributed by atoms with Crippen molar-refractivity contribution in [1.29, 1.82) is 0 Å². The number of nitrogens with one attached hydrogen (secondary N) is 1. The Kier molecular flexibility index (Phi) is 4.63. The summed E-state index contributed by atoms with van der Waals surface area (Å²) in [5.41, 5.74) is 1.55. The number of aliphatic imine (C=N–C) groups is 1. The number of hydrogen-bond acceptors (Lipinski definition) is 10. The van der Waals surface area contributed by atoms with Crippen molar-refractivity contribution in [3.8, 4) is 0 Å². The van der Waals surface area contributed by atoms with Crippen LogP contribution in [0.5, 0.6) is 0 Å². The van der Waals surface area contributed by atoms with E-state index in [2.05, 4.69) is 10.2 Å². The highest BCUT2D eigenvalue weighted by Crippen LogP contribution is 2.44. The summed E-state index contributed by atoms with van der Waals surface area (Å²) in [4.78, 5) is 36.7. The van der Waals surface area contributed by atoms with Gasteiger partial charge in [-0.2, -0.15) is 4.99 Å². The molecule has 0 saturated carbocycles. The van der Waals surface area contributed by atoms with Crippen LogP contribution in [0, 0.1) is 0 Å². The van der Waals surface area contributed by atoms with Crippen molar-refractivity contribution >= 4 is 46.6 Å². The van der Waals surface area contributed by atoms with Crippen molar-refractivity contribution < 1.29 is 19.2 Å². The van der Waals surface area contributed by atoms with Gasteiger partial charge >= 0.3 is 17.1 Å². The standard InChI is InChI=1S/C16H18N4O4S2/c1-2-26-16-18-15(19-7-5-17-6-8-19)11-9-25-10-12(11)20(16)24-14(22)4-3-13(21)23-16/h3-4,9-10,17H,2,5-8H2,1H3/b4-3-. The van der Waals surface area contributed by atoms with Gasteiger partial charge < -0.3 is 19.8 Å². The average molecular weight is 394 g/mol. The number of carbonyl (C=O) groups is 2. The van der Waals surface area contributed by atoms with E-state index in [1.807, 2.05) is 17.7 Å². The van der Waals surface area contributed by atoms with Crippen molar-refractivity contribution in [2.45, 2.75) is 12.1 Å². The lowest BCUT2D eigenvalue weighted by molar-refractivity contribution is -0.160. The number of thiophene rings is 1. The minimum atomic E-state index is -1.47. The smallest absolute Gasteiger partial charge is 0.369 e. The summed E-state index contributed by atoms with van der Waals surface area (Å²) < 4.78 is 5.68. The van der Waals surface area contributed by atoms with E-state index in [4.69, 9.17) is 14.6 Å². The molecule has 3 aliphatic rings. The lowest BCUT2D eigenvalue weighted by Crippen LogP contribution is -2.56. The topological polar surface area (TPSA) is 83.5 Å². The number of carbonyl (C=O) groups excluding carboxylic acids is 2. The molecular formula is C16H18N4O4S2. The van der Waals surface area contributed by atoms with Crippen molar-refractivity contribution in [2.75, 3.05) is 37.0 Å². The van der Waals surface area contributed by atoms with Crippen LogP contribution < -0.4 is 10.4 Å². The Labute approximate surface area is 158 Å². The molecule has 4 heterocycles. The molecule has 0 aliphatic carbocycles. The van der Waals surface area contributed by atoms with E-state index in [0.29, 0.717) is 11.4 Å². The second-order valence-electron chi connectivity index (χ2n) is 5.78. The largest absolute Gasteiger partial charge is 0.403 e. The van der Waals surface area contributed by atoms with Gasteiger partial charge in [0, 0.05) is 49.1 Å². The molecule has 0 radical (unpaired) electrons. The summed E-state index contributed by atoms with van der Waals surface area (Å²) in [6, 6.07) is 0. The van der Waals surface area contributed by atoms with Gasteiger partial charge in [-0.1, -0.05) is 18.7 Å². The third-order valence-electron chi connectivity index (χ3n) is 4.12. The number of amidine groups is 1. The summed E-state index contributed by atoms with van der Waals surface area (Å²) in [6.45, 7) is 5.25. The van der Waals surface area contributed by atoms with E-state index in [1.165, 1.54) is 28.2 Å². The van der Waals surface area contributed by atoms with E-state index in [0.717, 1.165) is 49.7 Å². The molecule has 1 aromatic rings. The van der Waals surface area contributed by atoms with Gasteiger partial charge in [-0.15, -0.1) is 16.4 Å². The molecule has 1 N–H and O–H groups in total. The highest BCUT2D eigenvalue weighted by atomic mass is 32.2. The number of esters is 1. The molecule has 138 valence electrons. The number of thioether (sulfide) groups is 1. The first-order valence-electron chi connectivity index (χ1n) is 8.32. The molecule has 0 spiro atoms. The van der Waals surface area contributed by atoms with Gasteiger partial charge in [0.05, 0.1) is 5.56 Å². The minimum absolute atomic E-state index is 0.614. The van der Waals surface area contributed by atoms with Crippen LogP contribution in [-0.2, 0) is 19.2 Å². The Bertz CT molecular complexity index is 787. The molecule has 0 aromatic carbocycles. The van der Waals surface area contributed by atoms with Crippen LogP contribution in [0.2, 0.25) is 0 Å². The van der Waals surface area contributed by atoms with Gasteiger partial charge in [-0.3, -0.25) is 0 Å². The molecule has 1 aromatic heterocycles. The first kappa shape index (κ1) is 17.4. The van der Waals surface area contributed by atoms with Crippen LogP contribution in [0.3, 0.4) is 0 Å². The number of ether oxygens (including phenoxy) is 1. The quantitative estimate of drug-likeness (QED) is 0.748. The van der Waals surface area contributed by atoms with E-state index >= 15 is 0 Å². The van der Waals surface area contributed by atoms with Crippen LogP contribution in [0.15, 0.2) is 27.9 Å². The fraction of sp³-hybridized carbons (Fsp3) is 0.438. The van der Waals surface area contributed by atoms with Crippen LogP contribution in [0.4, 0.5) is 5.69 Å². The maximum absolute atomic E-state index is 12.2. The van der Waals surface area contributed by atoms with Gasteiger partial charge in [0.1, 0.15) is 11.5 Å². The molecule has 1 atom stereocenters. The molecule has 1 unspecified atom stereocenters. The summed E-state index contributed by atoms with van der Waals surface area (Å²) >= 11 is 2.78. The zero-order chi connectivity index (χ0) is 18.1. The predicted octanol–water partition coefficient (Wildman–Crippen LogP) is 1.16. The highest BCUT2D eigenvalue weighted by molar-refractivity contribution is 8.00. The van der Waals surface area contributed by atoms with Crippen LogP contribution in [0.1, 0.15) is 12.5 Å². The van der Waals surface area contributed by atoms with Gasteiger partial charge in [0.25, 0.3) is 0 Å². The molecule has 1 saturated heterocycles. The number of hydroxylamine groups is 1. The average Bonchev–Trinajstić information content (AvgIpc) is 3.11. The van der Waals surface area contributed by atoms with Crippen molar-refractivity contribution in [3.63, 3.8) is 0 Å². The molecule has 4 rings (SSSR count). The number of anilines is 1. The summed E-state index contributed by atoms with van der Waals surface area (Å²) in [5, 5.41) is 7.02. The lowest BCUT2D eigenvalue weighted by atomic mass is 10.2. The summed E-state index contributed by atoms with van der Waals surface area (Å²) in [7, 11) is 0. The first-order chi connectivity index (χ1) is 12.6. The fourth-order valence-corrected chi connectivity index (χ4v) is 4.73. The lowest BCUT2D eigenvalue weighted by Gasteiger charge is -2.43. The van der Waals surface area contributed by atoms with Crippen molar-refractivity contribution in [1.82, 2.24) is 10.2 Å². The normalized spacial score (nSPS) is 26.7. The predicted molar refractivity (Wildman–Crippen MR) is 100.0 cm³/mol. The second-order valence-corrected chi connectivity index (χ2v) is 7.93. The Morgan fingerprint density at radius 1 is 1.27 bits per heavy atom. The van der Waals surface area contributed by atoms with Gasteiger partial charge in [0.15, 0.2) is 0 Å². The molecule has 8 nitrogen and oxygen atoms in total. The fourth-order valence-electron chi connectivity index (χ4n) is 3.03. The summed E-state index contributed by atoms with van der Waals surface area (Å²) in [5.74, 6) is 0.104. The Morgan fingerprint density at radius 2 is 2.04 bits per heavy atom. The van der Waals surface area contributed by atoms with E-state index in [1.54, 1.807) is 0 Å². The first-order valence-corrected chi connectivity index (χ1v) is 10.2. The number of hydrogen-bond donors (Lipinski definition) is 1. The number of nitrogens with zero attached hydrogens (tertiary/aromatic N) is 3. The van der Waals surface area contributed by atoms with Gasteiger partial charge in [0.2, 0.25) is 0 Å². The molecule has 10 heteroatoms. The van der Waals surface area contributed by atoms with Crippen molar-refractivity contribution in [2.24, 2.45) is 4.99 Å². The molecular weight excluding hydrogens is 376 g/mol. The maximum atomic E-state index is 12.2. The van der Waals surface area contributed by atoms with Crippen LogP contribution in [0.25, 0.3) is 0 Å². The number of fused-ring (bicyclic) bond motifs is 3. The van der Waals surface area contributed by atoms with E-state index in [9.17, 15) is 9.59 Å². The Hall–Kier alpha value is -2.04. The third-order valence-corrected chi connectivity index (χ3v) is 5.86.